The first-order valence-corrected chi connectivity index (χ1v) is 5.92. The minimum absolute atomic E-state index is 0.426. The predicted octanol–water partition coefficient (Wildman–Crippen LogP) is 1.50. The van der Waals surface area contributed by atoms with Crippen LogP contribution in [-0.2, 0) is 6.42 Å². The van der Waals surface area contributed by atoms with Crippen molar-refractivity contribution in [3.8, 4) is 0 Å². The zero-order valence-corrected chi connectivity index (χ0v) is 11.0. The van der Waals surface area contributed by atoms with E-state index in [0.29, 0.717) is 18.2 Å². The van der Waals surface area contributed by atoms with E-state index in [0.717, 1.165) is 24.2 Å². The molecule has 4 N–H and O–H groups in total. The van der Waals surface area contributed by atoms with Gasteiger partial charge in [0, 0.05) is 18.5 Å². The normalized spacial score (nSPS) is 11.6. The summed E-state index contributed by atoms with van der Waals surface area (Å²) in [5, 5.41) is 12.8. The molecule has 0 bridgehead atoms. The van der Waals surface area contributed by atoms with Crippen molar-refractivity contribution < 1.29 is 5.11 Å². The summed E-state index contributed by atoms with van der Waals surface area (Å²) in [6, 6.07) is 0. The predicted molar refractivity (Wildman–Crippen MR) is 70.0 cm³/mol. The first-order chi connectivity index (χ1) is 7.83. The molecule has 0 saturated carbocycles. The van der Waals surface area contributed by atoms with Crippen LogP contribution in [0, 0.1) is 6.92 Å². The molecule has 1 aromatic rings. The third-order valence-corrected chi connectivity index (χ3v) is 2.39. The Morgan fingerprint density at radius 1 is 1.35 bits per heavy atom. The highest BCUT2D eigenvalue weighted by atomic mass is 16.3. The smallest absolute Gasteiger partial charge is 0.134 e. The van der Waals surface area contributed by atoms with Crippen LogP contribution in [0.15, 0.2) is 0 Å². The molecule has 0 aliphatic heterocycles. The molecular formula is C12H22N4O. The number of aromatic nitrogens is 2. The molecule has 0 radical (unpaired) electrons. The second-order valence-corrected chi connectivity index (χ2v) is 4.91. The number of anilines is 2. The largest absolute Gasteiger partial charge is 0.389 e. The minimum atomic E-state index is -0.781. The Balaban J connectivity index is 2.89. The molecule has 0 atom stereocenters. The molecule has 0 unspecified atom stereocenters. The van der Waals surface area contributed by atoms with Gasteiger partial charge in [0.15, 0.2) is 0 Å². The summed E-state index contributed by atoms with van der Waals surface area (Å²) in [6.45, 7) is 7.86. The van der Waals surface area contributed by atoms with E-state index >= 15 is 0 Å². The molecule has 5 heteroatoms. The van der Waals surface area contributed by atoms with E-state index in [-0.39, 0.29) is 0 Å². The van der Waals surface area contributed by atoms with E-state index in [1.807, 2.05) is 6.92 Å². The number of nitrogen functional groups attached to an aromatic ring is 1. The van der Waals surface area contributed by atoms with Gasteiger partial charge in [0.2, 0.25) is 0 Å². The molecule has 1 heterocycles. The Morgan fingerprint density at radius 3 is 2.53 bits per heavy atom. The lowest BCUT2D eigenvalue weighted by molar-refractivity contribution is 0.0944. The molecule has 0 amide bonds. The van der Waals surface area contributed by atoms with Gasteiger partial charge in [0.25, 0.3) is 0 Å². The Bertz CT molecular complexity index is 385. The lowest BCUT2D eigenvalue weighted by atomic mass is 10.1. The van der Waals surface area contributed by atoms with Crippen molar-refractivity contribution in [2.24, 2.45) is 0 Å². The van der Waals surface area contributed by atoms with Gasteiger partial charge in [0.1, 0.15) is 17.5 Å². The van der Waals surface area contributed by atoms with Crippen molar-refractivity contribution in [1.29, 1.82) is 0 Å². The molecule has 0 aliphatic carbocycles. The second-order valence-electron chi connectivity index (χ2n) is 4.91. The van der Waals surface area contributed by atoms with Gasteiger partial charge in [-0.2, -0.15) is 0 Å². The van der Waals surface area contributed by atoms with Gasteiger partial charge in [-0.1, -0.05) is 6.92 Å². The summed E-state index contributed by atoms with van der Waals surface area (Å²) in [5.41, 5.74) is 5.88. The zero-order chi connectivity index (χ0) is 13.1. The van der Waals surface area contributed by atoms with Crippen molar-refractivity contribution in [2.75, 3.05) is 17.6 Å². The number of nitrogens with one attached hydrogen (secondary N) is 1. The van der Waals surface area contributed by atoms with Crippen LogP contribution < -0.4 is 11.1 Å². The summed E-state index contributed by atoms with van der Waals surface area (Å²) >= 11 is 0. The van der Waals surface area contributed by atoms with Crippen LogP contribution in [-0.4, -0.2) is 27.2 Å². The SMILES string of the molecule is CCCc1nc(N)c(C)c(NCC(C)(C)O)n1. The first kappa shape index (κ1) is 13.7. The summed E-state index contributed by atoms with van der Waals surface area (Å²) in [6.07, 6.45) is 1.79. The van der Waals surface area contributed by atoms with Gasteiger partial charge >= 0.3 is 0 Å². The van der Waals surface area contributed by atoms with E-state index in [1.165, 1.54) is 0 Å². The van der Waals surface area contributed by atoms with Crippen LogP contribution in [0.1, 0.15) is 38.6 Å². The van der Waals surface area contributed by atoms with Gasteiger partial charge in [0.05, 0.1) is 5.60 Å². The van der Waals surface area contributed by atoms with Gasteiger partial charge in [-0.3, -0.25) is 0 Å². The standard InChI is InChI=1S/C12H22N4O/c1-5-6-9-15-10(13)8(2)11(16-9)14-7-12(3,4)17/h17H,5-7H2,1-4H3,(H3,13,14,15,16). The van der Waals surface area contributed by atoms with Gasteiger partial charge in [-0.15, -0.1) is 0 Å². The number of nitrogens with two attached hydrogens (primary N) is 1. The lowest BCUT2D eigenvalue weighted by Crippen LogP contribution is -2.30. The Labute approximate surface area is 102 Å². The summed E-state index contributed by atoms with van der Waals surface area (Å²) in [4.78, 5) is 8.64. The molecule has 1 aromatic heterocycles. The fourth-order valence-corrected chi connectivity index (χ4v) is 1.39. The maximum absolute atomic E-state index is 9.67. The van der Waals surface area contributed by atoms with Crippen LogP contribution in [0.2, 0.25) is 0 Å². The lowest BCUT2D eigenvalue weighted by Gasteiger charge is -2.19. The van der Waals surface area contributed by atoms with Gasteiger partial charge in [-0.05, 0) is 27.2 Å². The maximum Gasteiger partial charge on any atom is 0.134 e. The first-order valence-electron chi connectivity index (χ1n) is 5.92. The fourth-order valence-electron chi connectivity index (χ4n) is 1.39. The number of hydrogen-bond donors (Lipinski definition) is 3. The van der Waals surface area contributed by atoms with Crippen molar-refractivity contribution in [1.82, 2.24) is 9.97 Å². The van der Waals surface area contributed by atoms with Gasteiger partial charge < -0.3 is 16.2 Å². The quantitative estimate of drug-likeness (QED) is 0.724. The molecule has 5 nitrogen and oxygen atoms in total. The number of aliphatic hydroxyl groups is 1. The van der Waals surface area contributed by atoms with E-state index in [2.05, 4.69) is 22.2 Å². The molecule has 0 saturated heterocycles. The topological polar surface area (TPSA) is 84.1 Å². The molecule has 1 rings (SSSR count). The van der Waals surface area contributed by atoms with Crippen LogP contribution in [0.25, 0.3) is 0 Å². The van der Waals surface area contributed by atoms with Crippen molar-refractivity contribution in [3.63, 3.8) is 0 Å². The summed E-state index contributed by atoms with van der Waals surface area (Å²) in [7, 11) is 0. The van der Waals surface area contributed by atoms with E-state index in [4.69, 9.17) is 5.73 Å². The van der Waals surface area contributed by atoms with Crippen molar-refractivity contribution in [2.45, 2.75) is 46.1 Å². The fraction of sp³-hybridized carbons (Fsp3) is 0.667. The van der Waals surface area contributed by atoms with Crippen LogP contribution >= 0.6 is 0 Å². The third-order valence-electron chi connectivity index (χ3n) is 2.39. The average Bonchev–Trinajstić information content (AvgIpc) is 2.20. The van der Waals surface area contributed by atoms with Crippen molar-refractivity contribution in [3.05, 3.63) is 11.4 Å². The van der Waals surface area contributed by atoms with E-state index in [1.54, 1.807) is 13.8 Å². The molecule has 0 fully saturated rings. The Hall–Kier alpha value is -1.36. The zero-order valence-electron chi connectivity index (χ0n) is 11.0. The molecule has 96 valence electrons. The number of aryl methyl sites for hydroxylation is 1. The number of hydrogen-bond acceptors (Lipinski definition) is 5. The Morgan fingerprint density at radius 2 is 2.00 bits per heavy atom. The molecule has 17 heavy (non-hydrogen) atoms. The third kappa shape index (κ3) is 4.19. The van der Waals surface area contributed by atoms with Crippen LogP contribution in [0.4, 0.5) is 11.6 Å². The van der Waals surface area contributed by atoms with Crippen LogP contribution in [0.5, 0.6) is 0 Å². The highest BCUT2D eigenvalue weighted by Crippen LogP contribution is 2.18. The minimum Gasteiger partial charge on any atom is -0.389 e. The second kappa shape index (κ2) is 5.31. The molecule has 0 spiro atoms. The Kier molecular flexibility index (Phi) is 4.28. The van der Waals surface area contributed by atoms with E-state index in [9.17, 15) is 5.11 Å². The summed E-state index contributed by atoms with van der Waals surface area (Å²) < 4.78 is 0. The average molecular weight is 238 g/mol. The monoisotopic (exact) mass is 238 g/mol. The maximum atomic E-state index is 9.67. The van der Waals surface area contributed by atoms with E-state index < -0.39 is 5.60 Å². The number of rotatable bonds is 5. The van der Waals surface area contributed by atoms with Crippen molar-refractivity contribution >= 4 is 11.6 Å². The molecular weight excluding hydrogens is 216 g/mol. The molecule has 0 aromatic carbocycles. The summed E-state index contributed by atoms with van der Waals surface area (Å²) in [5.74, 6) is 1.96. The molecule has 0 aliphatic rings. The highest BCUT2D eigenvalue weighted by Gasteiger charge is 2.14. The highest BCUT2D eigenvalue weighted by molar-refractivity contribution is 5.54. The number of nitrogens with zero attached hydrogens (tertiary/aromatic N) is 2. The van der Waals surface area contributed by atoms with Gasteiger partial charge in [-0.25, -0.2) is 9.97 Å². The van der Waals surface area contributed by atoms with Crippen LogP contribution in [0.3, 0.4) is 0 Å².